The van der Waals surface area contributed by atoms with Crippen molar-refractivity contribution in [3.05, 3.63) is 17.8 Å². The quantitative estimate of drug-likeness (QED) is 0.484. The van der Waals surface area contributed by atoms with Gasteiger partial charge in [0.05, 0.1) is 18.0 Å². The summed E-state index contributed by atoms with van der Waals surface area (Å²) in [6.45, 7) is 11.3. The summed E-state index contributed by atoms with van der Waals surface area (Å²) in [5.41, 5.74) is 0.645. The van der Waals surface area contributed by atoms with Gasteiger partial charge in [-0.1, -0.05) is 46.5 Å². The molecular formula is C21H36N2O3. The number of anilines is 1. The number of rotatable bonds is 13. The maximum atomic E-state index is 12.9. The molecule has 1 rings (SSSR count). The fraction of sp³-hybridized carbons (Fsp3) is 0.714. The average molecular weight is 365 g/mol. The van der Waals surface area contributed by atoms with Crippen molar-refractivity contribution in [3.63, 3.8) is 0 Å². The molecule has 1 aromatic heterocycles. The Labute approximate surface area is 158 Å². The molecule has 0 saturated heterocycles. The Bertz CT molecular complexity index is 548. The van der Waals surface area contributed by atoms with E-state index in [1.165, 1.54) is 0 Å². The molecule has 1 heterocycles. The van der Waals surface area contributed by atoms with Gasteiger partial charge in [-0.3, -0.25) is 4.79 Å². The zero-order valence-corrected chi connectivity index (χ0v) is 17.2. The molecule has 0 aliphatic rings. The second-order valence-corrected chi connectivity index (χ2v) is 6.98. The topological polar surface area (TPSA) is 60.5 Å². The fourth-order valence-corrected chi connectivity index (χ4v) is 2.62. The Morgan fingerprint density at radius 1 is 1.08 bits per heavy atom. The number of amides is 1. The zero-order valence-electron chi connectivity index (χ0n) is 17.2. The second kappa shape index (κ2) is 11.9. The lowest BCUT2D eigenvalue weighted by Crippen LogP contribution is -2.43. The molecule has 1 unspecified atom stereocenters. The van der Waals surface area contributed by atoms with Crippen molar-refractivity contribution in [3.8, 4) is 5.88 Å². The van der Waals surface area contributed by atoms with Gasteiger partial charge < -0.3 is 14.8 Å². The van der Waals surface area contributed by atoms with E-state index in [9.17, 15) is 4.79 Å². The van der Waals surface area contributed by atoms with Crippen LogP contribution in [0.1, 0.15) is 78.3 Å². The number of hydrogen-bond donors (Lipinski definition) is 1. The van der Waals surface area contributed by atoms with Crippen molar-refractivity contribution in [1.29, 1.82) is 0 Å². The highest BCUT2D eigenvalue weighted by Gasteiger charge is 2.33. The van der Waals surface area contributed by atoms with E-state index in [1.807, 2.05) is 19.9 Å². The standard InChI is InChI=1S/C21H36N2O3/c1-6-9-11-14-21(5,26-15-8-3)20(24)23-18-12-13-19(22-17(18)4)25-16-10-7-2/h12-13H,6-11,14-16H2,1-5H3,(H,23,24). The van der Waals surface area contributed by atoms with Crippen molar-refractivity contribution in [1.82, 2.24) is 4.98 Å². The first-order valence-corrected chi connectivity index (χ1v) is 10.0. The largest absolute Gasteiger partial charge is 0.478 e. The summed E-state index contributed by atoms with van der Waals surface area (Å²) in [7, 11) is 0. The summed E-state index contributed by atoms with van der Waals surface area (Å²) in [6, 6.07) is 3.66. The van der Waals surface area contributed by atoms with E-state index in [-0.39, 0.29) is 5.91 Å². The highest BCUT2D eigenvalue weighted by atomic mass is 16.5. The maximum Gasteiger partial charge on any atom is 0.256 e. The van der Waals surface area contributed by atoms with E-state index in [4.69, 9.17) is 9.47 Å². The third-order valence-corrected chi connectivity index (χ3v) is 4.42. The van der Waals surface area contributed by atoms with Gasteiger partial charge >= 0.3 is 0 Å². The van der Waals surface area contributed by atoms with Gasteiger partial charge in [0.25, 0.3) is 5.91 Å². The van der Waals surface area contributed by atoms with Gasteiger partial charge in [0.15, 0.2) is 0 Å². The molecule has 1 atom stereocenters. The van der Waals surface area contributed by atoms with Gasteiger partial charge in [0, 0.05) is 12.7 Å². The van der Waals surface area contributed by atoms with Gasteiger partial charge in [-0.15, -0.1) is 0 Å². The van der Waals surface area contributed by atoms with E-state index < -0.39 is 5.60 Å². The molecule has 5 nitrogen and oxygen atoms in total. The first-order chi connectivity index (χ1) is 12.5. The molecule has 0 aliphatic heterocycles. The highest BCUT2D eigenvalue weighted by molar-refractivity contribution is 5.97. The SMILES string of the molecule is CCCCCC(C)(OCCC)C(=O)Nc1ccc(OCCCC)nc1C. The fourth-order valence-electron chi connectivity index (χ4n) is 2.62. The normalized spacial score (nSPS) is 13.3. The predicted octanol–water partition coefficient (Wildman–Crippen LogP) is 5.27. The van der Waals surface area contributed by atoms with Crippen molar-refractivity contribution < 1.29 is 14.3 Å². The van der Waals surface area contributed by atoms with Crippen LogP contribution in [0.4, 0.5) is 5.69 Å². The Morgan fingerprint density at radius 3 is 2.42 bits per heavy atom. The molecule has 148 valence electrons. The van der Waals surface area contributed by atoms with Crippen molar-refractivity contribution >= 4 is 11.6 Å². The minimum absolute atomic E-state index is 0.105. The second-order valence-electron chi connectivity index (χ2n) is 6.98. The van der Waals surface area contributed by atoms with Crippen LogP contribution in [0.3, 0.4) is 0 Å². The van der Waals surface area contributed by atoms with E-state index in [0.29, 0.717) is 24.8 Å². The van der Waals surface area contributed by atoms with Crippen LogP contribution in [0, 0.1) is 6.92 Å². The molecule has 0 aromatic carbocycles. The number of carbonyl (C=O) groups is 1. The molecule has 0 spiro atoms. The summed E-state index contributed by atoms with van der Waals surface area (Å²) >= 11 is 0. The molecule has 26 heavy (non-hydrogen) atoms. The molecule has 0 bridgehead atoms. The molecule has 0 saturated carbocycles. The molecule has 1 N–H and O–H groups in total. The van der Waals surface area contributed by atoms with Gasteiger partial charge in [-0.05, 0) is 39.2 Å². The van der Waals surface area contributed by atoms with Crippen LogP contribution in [-0.4, -0.2) is 29.7 Å². The molecule has 0 fully saturated rings. The minimum atomic E-state index is -0.812. The molecular weight excluding hydrogens is 328 g/mol. The van der Waals surface area contributed by atoms with E-state index in [0.717, 1.165) is 50.6 Å². The van der Waals surface area contributed by atoms with E-state index in [2.05, 4.69) is 31.1 Å². The van der Waals surface area contributed by atoms with E-state index in [1.54, 1.807) is 6.07 Å². The Kier molecular flexibility index (Phi) is 10.3. The number of aryl methyl sites for hydroxylation is 1. The summed E-state index contributed by atoms with van der Waals surface area (Å²) in [6.07, 6.45) is 6.90. The van der Waals surface area contributed by atoms with Crippen molar-refractivity contribution in [2.75, 3.05) is 18.5 Å². The van der Waals surface area contributed by atoms with Crippen molar-refractivity contribution in [2.45, 2.75) is 85.2 Å². The summed E-state index contributed by atoms with van der Waals surface area (Å²) in [4.78, 5) is 17.3. The monoisotopic (exact) mass is 364 g/mol. The molecule has 1 aromatic rings. The molecule has 5 heteroatoms. The third-order valence-electron chi connectivity index (χ3n) is 4.42. The Morgan fingerprint density at radius 2 is 1.81 bits per heavy atom. The Balaban J connectivity index is 2.77. The lowest BCUT2D eigenvalue weighted by Gasteiger charge is -2.29. The number of nitrogens with one attached hydrogen (secondary N) is 1. The average Bonchev–Trinajstić information content (AvgIpc) is 2.62. The third kappa shape index (κ3) is 7.32. The number of hydrogen-bond acceptors (Lipinski definition) is 4. The van der Waals surface area contributed by atoms with Crippen LogP contribution in [-0.2, 0) is 9.53 Å². The Hall–Kier alpha value is -1.62. The molecule has 1 amide bonds. The lowest BCUT2D eigenvalue weighted by molar-refractivity contribution is -0.140. The minimum Gasteiger partial charge on any atom is -0.478 e. The zero-order chi connectivity index (χ0) is 19.4. The van der Waals surface area contributed by atoms with Gasteiger partial charge in [0.2, 0.25) is 5.88 Å². The van der Waals surface area contributed by atoms with E-state index >= 15 is 0 Å². The maximum absolute atomic E-state index is 12.9. The van der Waals surface area contributed by atoms with Crippen LogP contribution in [0.15, 0.2) is 12.1 Å². The number of pyridine rings is 1. The van der Waals surface area contributed by atoms with Crippen LogP contribution < -0.4 is 10.1 Å². The number of unbranched alkanes of at least 4 members (excludes halogenated alkanes) is 3. The molecule has 0 radical (unpaired) electrons. The summed E-state index contributed by atoms with van der Waals surface area (Å²) in [5.74, 6) is 0.494. The first-order valence-electron chi connectivity index (χ1n) is 10.0. The predicted molar refractivity (Wildman–Crippen MR) is 107 cm³/mol. The van der Waals surface area contributed by atoms with Crippen LogP contribution in [0.2, 0.25) is 0 Å². The van der Waals surface area contributed by atoms with Crippen LogP contribution in [0.5, 0.6) is 5.88 Å². The van der Waals surface area contributed by atoms with Crippen LogP contribution in [0.25, 0.3) is 0 Å². The first kappa shape index (κ1) is 22.4. The number of carbonyl (C=O) groups excluding carboxylic acids is 1. The van der Waals surface area contributed by atoms with Gasteiger partial charge in [-0.2, -0.15) is 0 Å². The summed E-state index contributed by atoms with van der Waals surface area (Å²) < 4.78 is 11.6. The van der Waals surface area contributed by atoms with Crippen molar-refractivity contribution in [2.24, 2.45) is 0 Å². The number of aromatic nitrogens is 1. The lowest BCUT2D eigenvalue weighted by atomic mass is 9.96. The molecule has 0 aliphatic carbocycles. The summed E-state index contributed by atoms with van der Waals surface area (Å²) in [5, 5.41) is 3.00. The smallest absolute Gasteiger partial charge is 0.256 e. The highest BCUT2D eigenvalue weighted by Crippen LogP contribution is 2.24. The number of ether oxygens (including phenoxy) is 2. The van der Waals surface area contributed by atoms with Gasteiger partial charge in [-0.25, -0.2) is 4.98 Å². The number of nitrogens with zero attached hydrogens (tertiary/aromatic N) is 1. The van der Waals surface area contributed by atoms with Gasteiger partial charge in [0.1, 0.15) is 5.60 Å². The van der Waals surface area contributed by atoms with Crippen LogP contribution >= 0.6 is 0 Å².